The van der Waals surface area contributed by atoms with Crippen LogP contribution in [0.25, 0.3) is 16.3 Å². The van der Waals surface area contributed by atoms with E-state index in [4.69, 9.17) is 0 Å². The van der Waals surface area contributed by atoms with Crippen LogP contribution in [0.15, 0.2) is 35.3 Å². The number of carbonyl (C=O) groups is 1. The molecule has 25 heavy (non-hydrogen) atoms. The number of amides is 1. The highest BCUT2D eigenvalue weighted by Gasteiger charge is 2.09. The van der Waals surface area contributed by atoms with Gasteiger partial charge in [0, 0.05) is 24.1 Å². The van der Waals surface area contributed by atoms with Crippen LogP contribution in [-0.4, -0.2) is 15.4 Å². The predicted octanol–water partition coefficient (Wildman–Crippen LogP) is 3.97. The topological polar surface area (TPSA) is 77.5 Å². The molecule has 6 nitrogen and oxygen atoms in total. The van der Waals surface area contributed by atoms with E-state index in [1.54, 1.807) is 12.1 Å². The Labute approximate surface area is 151 Å². The molecule has 128 valence electrons. The molecule has 0 spiro atoms. The number of thiophene rings is 1. The van der Waals surface area contributed by atoms with Crippen molar-refractivity contribution < 1.29 is 9.72 Å². The molecule has 0 atom stereocenters. The lowest BCUT2D eigenvalue weighted by Crippen LogP contribution is -2.12. The normalized spacial score (nSPS) is 12.4. The smallest absolute Gasteiger partial charge is 0.319 e. The molecule has 0 unspecified atom stereocenters. The van der Waals surface area contributed by atoms with Crippen molar-refractivity contribution in [1.82, 2.24) is 4.57 Å². The molecular formula is C17H15N3O3S2. The van der Waals surface area contributed by atoms with Crippen LogP contribution in [0, 0.1) is 24.0 Å². The lowest BCUT2D eigenvalue weighted by Gasteiger charge is -2.00. The molecule has 0 aliphatic carbocycles. The Morgan fingerprint density at radius 1 is 1.28 bits per heavy atom. The quantitative estimate of drug-likeness (QED) is 0.396. The fraction of sp³-hybridized carbons (Fsp3) is 0.176. The second kappa shape index (κ2) is 6.73. The van der Waals surface area contributed by atoms with Crippen LogP contribution >= 0.6 is 22.7 Å². The molecule has 0 radical (unpaired) electrons. The van der Waals surface area contributed by atoms with Crippen molar-refractivity contribution in [1.29, 1.82) is 0 Å². The summed E-state index contributed by atoms with van der Waals surface area (Å²) in [5, 5.41) is 10.7. The van der Waals surface area contributed by atoms with Crippen molar-refractivity contribution >= 4 is 49.9 Å². The van der Waals surface area contributed by atoms with E-state index in [1.807, 2.05) is 25.5 Å². The van der Waals surface area contributed by atoms with Crippen LogP contribution in [0.5, 0.6) is 0 Å². The van der Waals surface area contributed by atoms with Gasteiger partial charge in [-0.1, -0.05) is 28.7 Å². The van der Waals surface area contributed by atoms with Crippen LogP contribution in [0.3, 0.4) is 0 Å². The minimum absolute atomic E-state index is 0.0470. The fourth-order valence-electron chi connectivity index (χ4n) is 2.49. The summed E-state index contributed by atoms with van der Waals surface area (Å²) in [5.74, 6) is -0.396. The van der Waals surface area contributed by atoms with Crippen molar-refractivity contribution in [2.45, 2.75) is 13.8 Å². The summed E-state index contributed by atoms with van der Waals surface area (Å²) in [6.07, 6.45) is 2.88. The SMILES string of the molecule is Cc1cc(C)c2sc(=NC(=O)C=Cc3ccc([N+](=O)[O-])s3)n(C)c2c1. The zero-order chi connectivity index (χ0) is 18.1. The van der Waals surface area contributed by atoms with E-state index < -0.39 is 10.8 Å². The molecule has 1 aromatic carbocycles. The van der Waals surface area contributed by atoms with Crippen LogP contribution in [0.2, 0.25) is 0 Å². The monoisotopic (exact) mass is 373 g/mol. The number of carbonyl (C=O) groups excluding carboxylic acids is 1. The average molecular weight is 373 g/mol. The van der Waals surface area contributed by atoms with Gasteiger partial charge in [0.2, 0.25) is 0 Å². The Morgan fingerprint density at radius 3 is 2.72 bits per heavy atom. The number of fused-ring (bicyclic) bond motifs is 1. The number of nitro groups is 1. The molecule has 0 aliphatic rings. The Bertz CT molecular complexity index is 1090. The van der Waals surface area contributed by atoms with Crippen molar-refractivity contribution in [2.24, 2.45) is 12.0 Å². The summed E-state index contributed by atoms with van der Waals surface area (Å²) in [4.78, 5) is 27.8. The maximum atomic E-state index is 12.1. The summed E-state index contributed by atoms with van der Waals surface area (Å²) in [6.45, 7) is 4.08. The molecule has 0 aliphatic heterocycles. The first-order valence-electron chi connectivity index (χ1n) is 7.43. The molecule has 2 aromatic heterocycles. The largest absolute Gasteiger partial charge is 0.324 e. The summed E-state index contributed by atoms with van der Waals surface area (Å²) < 4.78 is 3.01. The first kappa shape index (κ1) is 17.2. The van der Waals surface area contributed by atoms with Crippen molar-refractivity contribution in [3.63, 3.8) is 0 Å². The summed E-state index contributed by atoms with van der Waals surface area (Å²) >= 11 is 2.49. The number of aromatic nitrogens is 1. The van der Waals surface area contributed by atoms with Crippen LogP contribution in [0.1, 0.15) is 16.0 Å². The van der Waals surface area contributed by atoms with Gasteiger partial charge >= 0.3 is 5.00 Å². The second-order valence-corrected chi connectivity index (χ2v) is 7.66. The van der Waals surface area contributed by atoms with Gasteiger partial charge in [0.1, 0.15) is 0 Å². The summed E-state index contributed by atoms with van der Waals surface area (Å²) in [6, 6.07) is 7.21. The highest BCUT2D eigenvalue weighted by Crippen LogP contribution is 2.25. The molecule has 0 saturated carbocycles. The third kappa shape index (κ3) is 3.59. The standard InChI is InChI=1S/C17H15N3O3S2/c1-10-8-11(2)16-13(9-10)19(3)17(25-16)18-14(21)6-4-12-5-7-15(24-12)20(22)23/h4-9H,1-3H3. The highest BCUT2D eigenvalue weighted by molar-refractivity contribution is 7.16. The number of hydrogen-bond donors (Lipinski definition) is 0. The van der Waals surface area contributed by atoms with Gasteiger partial charge in [0.05, 0.1) is 15.1 Å². The van der Waals surface area contributed by atoms with E-state index in [0.29, 0.717) is 9.68 Å². The van der Waals surface area contributed by atoms with Crippen molar-refractivity contribution in [3.05, 3.63) is 61.3 Å². The van der Waals surface area contributed by atoms with Gasteiger partial charge in [0.25, 0.3) is 5.91 Å². The van der Waals surface area contributed by atoms with Crippen LogP contribution in [0.4, 0.5) is 5.00 Å². The average Bonchev–Trinajstić information content (AvgIpc) is 3.13. The Hall–Kier alpha value is -2.58. The van der Waals surface area contributed by atoms with Gasteiger partial charge < -0.3 is 4.57 Å². The molecule has 2 heterocycles. The van der Waals surface area contributed by atoms with E-state index >= 15 is 0 Å². The van der Waals surface area contributed by atoms with Crippen LogP contribution in [-0.2, 0) is 11.8 Å². The molecule has 1 amide bonds. The summed E-state index contributed by atoms with van der Waals surface area (Å²) in [5.41, 5.74) is 3.37. The summed E-state index contributed by atoms with van der Waals surface area (Å²) in [7, 11) is 1.89. The number of thiazole rings is 1. The van der Waals surface area contributed by atoms with Crippen LogP contribution < -0.4 is 4.80 Å². The Kier molecular flexibility index (Phi) is 4.65. The predicted molar refractivity (Wildman–Crippen MR) is 101 cm³/mol. The maximum absolute atomic E-state index is 12.1. The number of nitrogens with zero attached hydrogens (tertiary/aromatic N) is 3. The Balaban J connectivity index is 1.92. The lowest BCUT2D eigenvalue weighted by atomic mass is 10.1. The van der Waals surface area contributed by atoms with Gasteiger partial charge in [-0.25, -0.2) is 0 Å². The van der Waals surface area contributed by atoms with E-state index in [-0.39, 0.29) is 5.00 Å². The maximum Gasteiger partial charge on any atom is 0.324 e. The van der Waals surface area contributed by atoms with Gasteiger partial charge in [-0.2, -0.15) is 4.99 Å². The molecular weight excluding hydrogens is 358 g/mol. The van der Waals surface area contributed by atoms with Crippen molar-refractivity contribution in [2.75, 3.05) is 0 Å². The van der Waals surface area contributed by atoms with E-state index in [9.17, 15) is 14.9 Å². The first-order valence-corrected chi connectivity index (χ1v) is 9.06. The molecule has 3 aromatic rings. The number of rotatable bonds is 3. The number of hydrogen-bond acceptors (Lipinski definition) is 5. The number of benzene rings is 1. The Morgan fingerprint density at radius 2 is 2.04 bits per heavy atom. The molecule has 0 bridgehead atoms. The third-order valence-electron chi connectivity index (χ3n) is 3.63. The molecule has 8 heteroatoms. The molecule has 0 fully saturated rings. The second-order valence-electron chi connectivity index (χ2n) is 5.59. The first-order chi connectivity index (χ1) is 11.8. The minimum atomic E-state index is -0.449. The van der Waals surface area contributed by atoms with E-state index in [2.05, 4.69) is 17.1 Å². The van der Waals surface area contributed by atoms with Crippen molar-refractivity contribution in [3.8, 4) is 0 Å². The van der Waals surface area contributed by atoms with E-state index in [1.165, 1.54) is 23.5 Å². The fourth-order valence-corrected chi connectivity index (χ4v) is 4.29. The van der Waals surface area contributed by atoms with Gasteiger partial charge in [-0.3, -0.25) is 14.9 Å². The lowest BCUT2D eigenvalue weighted by molar-refractivity contribution is -0.380. The zero-order valence-corrected chi connectivity index (χ0v) is 15.5. The van der Waals surface area contributed by atoms with E-state index in [0.717, 1.165) is 32.7 Å². The van der Waals surface area contributed by atoms with Gasteiger partial charge in [-0.15, -0.1) is 0 Å². The number of aryl methyl sites for hydroxylation is 3. The van der Waals surface area contributed by atoms with Gasteiger partial charge in [-0.05, 0) is 43.2 Å². The zero-order valence-electron chi connectivity index (χ0n) is 13.8. The minimum Gasteiger partial charge on any atom is -0.319 e. The van der Waals surface area contributed by atoms with Gasteiger partial charge in [0.15, 0.2) is 4.80 Å². The molecule has 3 rings (SSSR count). The molecule has 0 N–H and O–H groups in total. The highest BCUT2D eigenvalue weighted by atomic mass is 32.1. The third-order valence-corrected chi connectivity index (χ3v) is 5.91. The molecule has 0 saturated heterocycles.